The van der Waals surface area contributed by atoms with Crippen LogP contribution in [0.4, 0.5) is 0 Å². The molecule has 2 saturated carbocycles. The molecule has 2 aliphatic carbocycles. The van der Waals surface area contributed by atoms with Crippen molar-refractivity contribution in [3.05, 3.63) is 35.9 Å². The lowest BCUT2D eigenvalue weighted by atomic mass is 9.92. The van der Waals surface area contributed by atoms with Crippen LogP contribution in [-0.4, -0.2) is 23.8 Å². The van der Waals surface area contributed by atoms with Gasteiger partial charge in [0.1, 0.15) is 0 Å². The summed E-state index contributed by atoms with van der Waals surface area (Å²) in [5.74, 6) is 1.54. The lowest BCUT2D eigenvalue weighted by Gasteiger charge is -2.22. The third-order valence-electron chi connectivity index (χ3n) is 4.93. The maximum absolute atomic E-state index is 4.76. The van der Waals surface area contributed by atoms with E-state index in [1.807, 2.05) is 0 Å². The highest BCUT2D eigenvalue weighted by molar-refractivity contribution is 5.92. The summed E-state index contributed by atoms with van der Waals surface area (Å²) in [5.41, 5.74) is 5.81. The number of fused-ring (bicyclic) bond motifs is 1. The van der Waals surface area contributed by atoms with Gasteiger partial charge in [0.2, 0.25) is 5.96 Å². The summed E-state index contributed by atoms with van der Waals surface area (Å²) in [4.78, 5) is 4.76. The van der Waals surface area contributed by atoms with Crippen molar-refractivity contribution in [3.8, 4) is 0 Å². The summed E-state index contributed by atoms with van der Waals surface area (Å²) in [6.45, 7) is 0. The number of nitrogens with zero attached hydrogens (tertiary/aromatic N) is 2. The van der Waals surface area contributed by atoms with Crippen LogP contribution in [0.25, 0.3) is 0 Å². The van der Waals surface area contributed by atoms with Crippen LogP contribution < -0.4 is 10.7 Å². The monoisotopic (exact) mass is 296 g/mol. The molecule has 1 aromatic rings. The molecular weight excluding hydrogens is 272 g/mol. The predicted molar refractivity (Wildman–Crippen MR) is 90.1 cm³/mol. The Labute approximate surface area is 132 Å². The molecule has 4 rings (SSSR count). The van der Waals surface area contributed by atoms with Gasteiger partial charge in [-0.05, 0) is 37.2 Å². The molecule has 4 heteroatoms. The lowest BCUT2D eigenvalue weighted by Crippen LogP contribution is -2.40. The topological polar surface area (TPSA) is 48.8 Å². The van der Waals surface area contributed by atoms with Crippen molar-refractivity contribution in [1.29, 1.82) is 0 Å². The van der Waals surface area contributed by atoms with Gasteiger partial charge in [-0.25, -0.2) is 10.4 Å². The smallest absolute Gasteiger partial charge is 0.212 e. The van der Waals surface area contributed by atoms with Crippen LogP contribution in [0.1, 0.15) is 44.1 Å². The van der Waals surface area contributed by atoms with Crippen LogP contribution in [0.3, 0.4) is 0 Å². The second-order valence-corrected chi connectivity index (χ2v) is 6.73. The van der Waals surface area contributed by atoms with Gasteiger partial charge in [-0.1, -0.05) is 43.2 Å². The summed E-state index contributed by atoms with van der Waals surface area (Å²) in [6.07, 6.45) is 8.58. The fraction of sp³-hybridized carbons (Fsp3) is 0.556. The molecule has 2 unspecified atom stereocenters. The van der Waals surface area contributed by atoms with Crippen molar-refractivity contribution in [1.82, 2.24) is 10.7 Å². The molecule has 1 heterocycles. The Bertz CT molecular complexity index is 574. The summed E-state index contributed by atoms with van der Waals surface area (Å²) in [7, 11) is 0. The highest BCUT2D eigenvalue weighted by Crippen LogP contribution is 2.32. The number of rotatable bonds is 4. The lowest BCUT2D eigenvalue weighted by molar-refractivity contribution is 0.384. The molecule has 22 heavy (non-hydrogen) atoms. The Balaban J connectivity index is 1.41. The van der Waals surface area contributed by atoms with E-state index < -0.39 is 0 Å². The maximum atomic E-state index is 4.76. The number of guanidine groups is 1. The Morgan fingerprint density at radius 3 is 2.73 bits per heavy atom. The second kappa shape index (κ2) is 6.11. The van der Waals surface area contributed by atoms with E-state index in [4.69, 9.17) is 10.1 Å². The van der Waals surface area contributed by atoms with Crippen LogP contribution in [0, 0.1) is 5.92 Å². The minimum Gasteiger partial charge on any atom is -0.350 e. The van der Waals surface area contributed by atoms with E-state index in [0.29, 0.717) is 18.0 Å². The average molecular weight is 296 g/mol. The third kappa shape index (κ3) is 3.16. The molecule has 3 aliphatic rings. The predicted octanol–water partition coefficient (Wildman–Crippen LogP) is 2.86. The molecule has 0 aromatic heterocycles. The van der Waals surface area contributed by atoms with Crippen LogP contribution in [-0.2, 0) is 6.42 Å². The van der Waals surface area contributed by atoms with Gasteiger partial charge in [0, 0.05) is 12.1 Å². The highest BCUT2D eigenvalue weighted by atomic mass is 15.4. The quantitative estimate of drug-likeness (QED) is 0.663. The number of hydrogen-bond donors (Lipinski definition) is 2. The standard InChI is InChI=1S/C18H24N4/c1-2-6-13(7-3-1)12-17(14-10-11-14)21-22-18-19-15-8-4-5-9-16(15)20-18/h1-3,6-7,14-16H,4-5,8-12H2,(H2,19,20,22)/b21-17-. The SMILES string of the molecule is c1ccc(C/C(=N/NC2=NC3CCCCC3N2)C2CC2)cc1. The zero-order valence-corrected chi connectivity index (χ0v) is 13.0. The van der Waals surface area contributed by atoms with Gasteiger partial charge >= 0.3 is 0 Å². The van der Waals surface area contributed by atoms with E-state index in [1.54, 1.807) is 0 Å². The molecule has 2 fully saturated rings. The molecule has 1 aromatic carbocycles. The first-order valence-electron chi connectivity index (χ1n) is 8.59. The van der Waals surface area contributed by atoms with Crippen molar-refractivity contribution in [3.63, 3.8) is 0 Å². The van der Waals surface area contributed by atoms with Gasteiger partial charge < -0.3 is 5.32 Å². The van der Waals surface area contributed by atoms with E-state index in [0.717, 1.165) is 12.4 Å². The van der Waals surface area contributed by atoms with E-state index in [1.165, 1.54) is 49.8 Å². The van der Waals surface area contributed by atoms with Gasteiger partial charge in [-0.15, -0.1) is 0 Å². The van der Waals surface area contributed by atoms with Crippen molar-refractivity contribution in [2.45, 2.75) is 57.0 Å². The van der Waals surface area contributed by atoms with Gasteiger partial charge in [0.25, 0.3) is 0 Å². The van der Waals surface area contributed by atoms with Crippen LogP contribution in [0.15, 0.2) is 40.4 Å². The normalized spacial score (nSPS) is 27.8. The van der Waals surface area contributed by atoms with Crippen molar-refractivity contribution < 1.29 is 0 Å². The minimum absolute atomic E-state index is 0.463. The van der Waals surface area contributed by atoms with E-state index in [-0.39, 0.29) is 0 Å². The van der Waals surface area contributed by atoms with Crippen molar-refractivity contribution in [2.75, 3.05) is 0 Å². The summed E-state index contributed by atoms with van der Waals surface area (Å²) in [5, 5.41) is 8.20. The zero-order chi connectivity index (χ0) is 14.8. The second-order valence-electron chi connectivity index (χ2n) is 6.73. The minimum atomic E-state index is 0.463. The Morgan fingerprint density at radius 1 is 1.14 bits per heavy atom. The molecule has 0 spiro atoms. The first-order chi connectivity index (χ1) is 10.9. The molecule has 4 nitrogen and oxygen atoms in total. The van der Waals surface area contributed by atoms with Gasteiger partial charge in [0.05, 0.1) is 12.1 Å². The molecule has 2 atom stereocenters. The first kappa shape index (κ1) is 13.8. The Kier molecular flexibility index (Phi) is 3.83. The Hall–Kier alpha value is -1.84. The summed E-state index contributed by atoms with van der Waals surface area (Å²) < 4.78 is 0. The van der Waals surface area contributed by atoms with Crippen LogP contribution >= 0.6 is 0 Å². The molecule has 0 radical (unpaired) electrons. The molecule has 0 bridgehead atoms. The average Bonchev–Trinajstić information content (AvgIpc) is 3.31. The van der Waals surface area contributed by atoms with E-state index >= 15 is 0 Å². The summed E-state index contributed by atoms with van der Waals surface area (Å²) in [6, 6.07) is 11.6. The largest absolute Gasteiger partial charge is 0.350 e. The Morgan fingerprint density at radius 2 is 1.95 bits per heavy atom. The van der Waals surface area contributed by atoms with Crippen LogP contribution in [0.2, 0.25) is 0 Å². The summed E-state index contributed by atoms with van der Waals surface area (Å²) >= 11 is 0. The fourth-order valence-electron chi connectivity index (χ4n) is 3.50. The van der Waals surface area contributed by atoms with Gasteiger partial charge in [-0.3, -0.25) is 0 Å². The number of nitrogens with one attached hydrogen (secondary N) is 2. The van der Waals surface area contributed by atoms with Crippen molar-refractivity contribution in [2.24, 2.45) is 16.0 Å². The van der Waals surface area contributed by atoms with Gasteiger partial charge in [0.15, 0.2) is 0 Å². The first-order valence-corrected chi connectivity index (χ1v) is 8.59. The molecule has 0 saturated heterocycles. The fourth-order valence-corrected chi connectivity index (χ4v) is 3.50. The van der Waals surface area contributed by atoms with E-state index in [9.17, 15) is 0 Å². The van der Waals surface area contributed by atoms with Gasteiger partial charge in [-0.2, -0.15) is 5.10 Å². The molecule has 1 aliphatic heterocycles. The molecule has 0 amide bonds. The molecule has 116 valence electrons. The molecule has 2 N–H and O–H groups in total. The van der Waals surface area contributed by atoms with Crippen molar-refractivity contribution >= 4 is 11.7 Å². The van der Waals surface area contributed by atoms with Crippen LogP contribution in [0.5, 0.6) is 0 Å². The highest BCUT2D eigenvalue weighted by Gasteiger charge is 2.31. The number of aliphatic imine (C=N–C) groups is 1. The third-order valence-corrected chi connectivity index (χ3v) is 4.93. The number of benzene rings is 1. The number of hydrogen-bond acceptors (Lipinski definition) is 4. The number of hydrazone groups is 1. The maximum Gasteiger partial charge on any atom is 0.212 e. The van der Waals surface area contributed by atoms with E-state index in [2.05, 4.69) is 41.1 Å². The zero-order valence-electron chi connectivity index (χ0n) is 13.0. The molecular formula is C18H24N4.